The maximum atomic E-state index is 15.1. The summed E-state index contributed by atoms with van der Waals surface area (Å²) in [4.78, 5) is 3.60. The van der Waals surface area contributed by atoms with Crippen molar-refractivity contribution in [3.05, 3.63) is 64.1 Å². The van der Waals surface area contributed by atoms with Crippen LogP contribution in [0.3, 0.4) is 0 Å². The molecule has 2 N–H and O–H groups in total. The van der Waals surface area contributed by atoms with Crippen LogP contribution in [0.25, 0.3) is 0 Å². The molecule has 4 rings (SSSR count). The molecule has 0 saturated carbocycles. The summed E-state index contributed by atoms with van der Waals surface area (Å²) in [5.74, 6) is -2.86. The van der Waals surface area contributed by atoms with Gasteiger partial charge >= 0.3 is 5.92 Å². The number of hydrogen-bond donors (Lipinski definition) is 1. The van der Waals surface area contributed by atoms with Gasteiger partial charge in [0, 0.05) is 16.5 Å². The molecule has 0 radical (unpaired) electrons. The Bertz CT molecular complexity index is 844. The predicted molar refractivity (Wildman–Crippen MR) is 92.8 cm³/mol. The fourth-order valence-electron chi connectivity index (χ4n) is 3.37. The molecule has 2 aromatic carbocycles. The summed E-state index contributed by atoms with van der Waals surface area (Å²) < 4.78 is 42.3. The summed E-state index contributed by atoms with van der Waals surface area (Å²) in [6.07, 6.45) is -0.643. The van der Waals surface area contributed by atoms with Crippen molar-refractivity contribution in [1.29, 1.82) is 0 Å². The molecule has 0 saturated heterocycles. The third-order valence-electron chi connectivity index (χ3n) is 4.59. The molecule has 2 aliphatic rings. The lowest BCUT2D eigenvalue weighted by atomic mass is 9.78. The first-order chi connectivity index (χ1) is 11.9. The van der Waals surface area contributed by atoms with Gasteiger partial charge in [0.15, 0.2) is 0 Å². The quantitative estimate of drug-likeness (QED) is 0.770. The van der Waals surface area contributed by atoms with Crippen LogP contribution in [0.2, 0.25) is 0 Å². The van der Waals surface area contributed by atoms with E-state index in [-0.39, 0.29) is 18.0 Å². The van der Waals surface area contributed by atoms with Crippen LogP contribution in [0.5, 0.6) is 5.75 Å². The highest BCUT2D eigenvalue weighted by Gasteiger charge is 2.63. The number of nitrogens with two attached hydrogens (primary N) is 1. The van der Waals surface area contributed by atoms with E-state index in [9.17, 15) is 0 Å². The van der Waals surface area contributed by atoms with Crippen LogP contribution in [0.1, 0.15) is 23.7 Å². The first-order valence-corrected chi connectivity index (χ1v) is 8.59. The molecule has 0 aliphatic carbocycles. The minimum absolute atomic E-state index is 0.0658. The number of alkyl halides is 2. The Labute approximate surface area is 151 Å². The Morgan fingerprint density at radius 1 is 1.16 bits per heavy atom. The maximum Gasteiger partial charge on any atom is 0.310 e. The van der Waals surface area contributed by atoms with Gasteiger partial charge in [-0.3, -0.25) is 0 Å². The minimum Gasteiger partial charge on any atom is -0.485 e. The van der Waals surface area contributed by atoms with Crippen molar-refractivity contribution in [1.82, 2.24) is 0 Å². The molecule has 1 spiro atoms. The van der Waals surface area contributed by atoms with Crippen LogP contribution in [-0.2, 0) is 10.3 Å². The number of ether oxygens (including phenoxy) is 2. The van der Waals surface area contributed by atoms with E-state index in [1.165, 1.54) is 0 Å². The van der Waals surface area contributed by atoms with Gasteiger partial charge < -0.3 is 15.2 Å². The molecule has 2 atom stereocenters. The van der Waals surface area contributed by atoms with Crippen molar-refractivity contribution in [2.24, 2.45) is 10.7 Å². The third kappa shape index (κ3) is 2.57. The summed E-state index contributed by atoms with van der Waals surface area (Å²) in [5, 5.41) is 0. The zero-order chi connectivity index (χ0) is 17.7. The molecule has 0 bridgehead atoms. The zero-order valence-corrected chi connectivity index (χ0v) is 14.7. The fraction of sp³-hybridized carbons (Fsp3) is 0.278. The molecule has 4 nitrogen and oxygen atoms in total. The van der Waals surface area contributed by atoms with Gasteiger partial charge in [0.2, 0.25) is 5.60 Å². The Hall–Kier alpha value is -2.15. The normalized spacial score (nSPS) is 27.0. The van der Waals surface area contributed by atoms with Gasteiger partial charge in [-0.2, -0.15) is 8.78 Å². The second-order valence-corrected chi connectivity index (χ2v) is 7.07. The van der Waals surface area contributed by atoms with E-state index in [2.05, 4.69) is 20.9 Å². The smallest absolute Gasteiger partial charge is 0.310 e. The molecule has 0 amide bonds. The number of aliphatic imine (C=N–C) groups is 1. The number of nitrogens with zero attached hydrogens (tertiary/aromatic N) is 1. The van der Waals surface area contributed by atoms with Gasteiger partial charge in [-0.05, 0) is 23.8 Å². The molecular weight excluding hydrogens is 394 g/mol. The maximum absolute atomic E-state index is 15.1. The molecule has 130 valence electrons. The van der Waals surface area contributed by atoms with Gasteiger partial charge in [0.25, 0.3) is 6.02 Å². The molecule has 2 aromatic rings. The first kappa shape index (κ1) is 16.3. The van der Waals surface area contributed by atoms with E-state index in [0.29, 0.717) is 10.2 Å². The first-order valence-electron chi connectivity index (χ1n) is 7.80. The highest BCUT2D eigenvalue weighted by Crippen LogP contribution is 2.55. The van der Waals surface area contributed by atoms with Crippen LogP contribution in [0.4, 0.5) is 8.78 Å². The molecule has 7 heteroatoms. The predicted octanol–water partition coefficient (Wildman–Crippen LogP) is 4.15. The van der Waals surface area contributed by atoms with Crippen LogP contribution < -0.4 is 10.5 Å². The lowest BCUT2D eigenvalue weighted by Crippen LogP contribution is -2.57. The Kier molecular flexibility index (Phi) is 3.72. The Morgan fingerprint density at radius 2 is 1.92 bits per heavy atom. The van der Waals surface area contributed by atoms with Crippen LogP contribution >= 0.6 is 15.9 Å². The minimum atomic E-state index is -3.22. The van der Waals surface area contributed by atoms with E-state index in [1.54, 1.807) is 18.2 Å². The van der Waals surface area contributed by atoms with Gasteiger partial charge in [0.1, 0.15) is 18.4 Å². The van der Waals surface area contributed by atoms with Crippen molar-refractivity contribution >= 4 is 22.0 Å². The molecule has 1 unspecified atom stereocenters. The molecular formula is C18H15BrF2N2O2. The lowest BCUT2D eigenvalue weighted by Gasteiger charge is -2.47. The fourth-order valence-corrected chi connectivity index (χ4v) is 3.73. The van der Waals surface area contributed by atoms with Gasteiger partial charge in [-0.15, -0.1) is 0 Å². The molecule has 0 fully saturated rings. The van der Waals surface area contributed by atoms with Crippen molar-refractivity contribution in [2.45, 2.75) is 24.0 Å². The van der Waals surface area contributed by atoms with Crippen LogP contribution in [-0.4, -0.2) is 18.5 Å². The van der Waals surface area contributed by atoms with E-state index in [0.717, 1.165) is 5.56 Å². The van der Waals surface area contributed by atoms with E-state index >= 15 is 8.78 Å². The van der Waals surface area contributed by atoms with Crippen molar-refractivity contribution in [3.63, 3.8) is 0 Å². The molecule has 2 aliphatic heterocycles. The lowest BCUT2D eigenvalue weighted by molar-refractivity contribution is -0.202. The average Bonchev–Trinajstić information content (AvgIpc) is 2.60. The molecule has 0 aromatic heterocycles. The number of halogens is 3. The number of benzene rings is 2. The second-order valence-electron chi connectivity index (χ2n) is 6.15. The molecule has 25 heavy (non-hydrogen) atoms. The van der Waals surface area contributed by atoms with Gasteiger partial charge in [-0.1, -0.05) is 46.3 Å². The Morgan fingerprint density at radius 3 is 2.68 bits per heavy atom. The number of hydrogen-bond acceptors (Lipinski definition) is 4. The van der Waals surface area contributed by atoms with Gasteiger partial charge in [0.05, 0.1) is 0 Å². The average molecular weight is 409 g/mol. The highest BCUT2D eigenvalue weighted by molar-refractivity contribution is 9.10. The summed E-state index contributed by atoms with van der Waals surface area (Å²) in [5.41, 5.74) is 4.84. The molecule has 2 heterocycles. The summed E-state index contributed by atoms with van der Waals surface area (Å²) in [6.45, 7) is -0.716. The van der Waals surface area contributed by atoms with E-state index < -0.39 is 24.2 Å². The summed E-state index contributed by atoms with van der Waals surface area (Å²) in [6, 6.07) is 14.0. The number of rotatable bonds is 1. The second kappa shape index (κ2) is 5.69. The largest absolute Gasteiger partial charge is 0.485 e. The zero-order valence-electron chi connectivity index (χ0n) is 13.1. The number of fused-ring (bicyclic) bond motifs is 2. The van der Waals surface area contributed by atoms with E-state index in [4.69, 9.17) is 15.2 Å². The highest BCUT2D eigenvalue weighted by atomic mass is 79.9. The van der Waals surface area contributed by atoms with Crippen molar-refractivity contribution in [2.75, 3.05) is 6.54 Å². The monoisotopic (exact) mass is 408 g/mol. The summed E-state index contributed by atoms with van der Waals surface area (Å²) >= 11 is 3.34. The SMILES string of the molecule is NC1=NCC(F)(F)[C@]2(CC(c3ccccc3)Oc3ccc(Br)cc32)O1. The Balaban J connectivity index is 1.90. The standard InChI is InChI=1S/C18H15BrF2N2O2/c19-12-6-7-14-13(8-12)17(18(20,21)10-23-16(22)25-17)9-15(24-14)11-4-2-1-3-5-11/h1-8,15H,9-10H2,(H2,22,23)/t15?,17-/m1/s1. The van der Waals surface area contributed by atoms with Crippen molar-refractivity contribution < 1.29 is 18.3 Å². The van der Waals surface area contributed by atoms with E-state index in [1.807, 2.05) is 30.3 Å². The van der Waals surface area contributed by atoms with Crippen LogP contribution in [0.15, 0.2) is 58.0 Å². The van der Waals surface area contributed by atoms with Crippen molar-refractivity contribution in [3.8, 4) is 5.75 Å². The van der Waals surface area contributed by atoms with Crippen LogP contribution in [0, 0.1) is 0 Å². The third-order valence-corrected chi connectivity index (χ3v) is 5.09. The number of amidine groups is 1. The topological polar surface area (TPSA) is 56.8 Å². The summed E-state index contributed by atoms with van der Waals surface area (Å²) in [7, 11) is 0. The van der Waals surface area contributed by atoms with Gasteiger partial charge in [-0.25, -0.2) is 4.99 Å².